The molecule has 2 atom stereocenters. The lowest BCUT2D eigenvalue weighted by Gasteiger charge is -2.29. The van der Waals surface area contributed by atoms with Crippen molar-refractivity contribution >= 4 is 17.8 Å². The van der Waals surface area contributed by atoms with Crippen LogP contribution in [-0.4, -0.2) is 17.5 Å². The van der Waals surface area contributed by atoms with Crippen molar-refractivity contribution in [3.63, 3.8) is 0 Å². The second kappa shape index (κ2) is 11.0. The van der Waals surface area contributed by atoms with E-state index in [1.165, 1.54) is 72.3 Å². The van der Waals surface area contributed by atoms with Crippen LogP contribution in [0.3, 0.4) is 0 Å². The molecule has 0 heterocycles. The van der Waals surface area contributed by atoms with E-state index >= 15 is 0 Å². The lowest BCUT2D eigenvalue weighted by atomic mass is 9.97. The van der Waals surface area contributed by atoms with Crippen molar-refractivity contribution < 1.29 is 0 Å². The van der Waals surface area contributed by atoms with Crippen LogP contribution < -0.4 is 0 Å². The first-order valence-electron chi connectivity index (χ1n) is 7.18. The molecule has 2 unspecified atom stereocenters. The zero-order chi connectivity index (χ0) is 12.3. The third-order valence-corrected chi connectivity index (χ3v) is 6.09. The van der Waals surface area contributed by atoms with Gasteiger partial charge in [-0.2, -0.15) is 0 Å². The first-order valence-corrected chi connectivity index (χ1v) is 9.17. The van der Waals surface area contributed by atoms with Gasteiger partial charge in [0.1, 0.15) is 0 Å². The Kier molecular flexibility index (Phi) is 11.6. The summed E-state index contributed by atoms with van der Waals surface area (Å²) in [5, 5.41) is 0.582. The molecule has 0 aliphatic heterocycles. The summed E-state index contributed by atoms with van der Waals surface area (Å²) in [5.41, 5.74) is 0. The van der Waals surface area contributed by atoms with Gasteiger partial charge in [0.05, 0.1) is 0 Å². The molecule has 0 nitrogen and oxygen atoms in total. The molecule has 0 radical (unpaired) electrons. The van der Waals surface area contributed by atoms with Gasteiger partial charge in [0, 0.05) is 0 Å². The molecule has 0 aromatic rings. The Morgan fingerprint density at radius 3 is 1.81 bits per heavy atom. The van der Waals surface area contributed by atoms with E-state index in [2.05, 4.69) is 30.0 Å². The van der Waals surface area contributed by atoms with Crippen LogP contribution in [0, 0.1) is 0 Å². The molecule has 0 saturated heterocycles. The standard InChI is InChI=1S/C14H32P2/c1-4-7-10-14(15,11-8-5-2)13-16-12-9-6-3/h16H,4-13,15H2,1-3H3. The fourth-order valence-corrected chi connectivity index (χ4v) is 4.47. The fraction of sp³-hybridized carbons (Fsp3) is 1.00. The van der Waals surface area contributed by atoms with E-state index in [4.69, 9.17) is 0 Å². The van der Waals surface area contributed by atoms with Crippen LogP contribution in [0.5, 0.6) is 0 Å². The van der Waals surface area contributed by atoms with Crippen LogP contribution in [0.15, 0.2) is 0 Å². The SMILES string of the molecule is CCCCPCC(P)(CCCC)CCCC. The Morgan fingerprint density at radius 1 is 0.875 bits per heavy atom. The summed E-state index contributed by atoms with van der Waals surface area (Å²) in [6, 6.07) is 0. The molecular formula is C14H32P2. The summed E-state index contributed by atoms with van der Waals surface area (Å²) in [4.78, 5) is 0. The minimum absolute atomic E-state index is 0.582. The second-order valence-electron chi connectivity index (χ2n) is 5.10. The van der Waals surface area contributed by atoms with Crippen LogP contribution >= 0.6 is 17.8 Å². The minimum Gasteiger partial charge on any atom is -0.131 e. The van der Waals surface area contributed by atoms with Gasteiger partial charge in [-0.1, -0.05) is 52.9 Å². The molecule has 2 heteroatoms. The van der Waals surface area contributed by atoms with Crippen LogP contribution in [0.25, 0.3) is 0 Å². The van der Waals surface area contributed by atoms with E-state index < -0.39 is 0 Å². The number of hydrogen-bond donors (Lipinski definition) is 0. The maximum atomic E-state index is 3.21. The van der Waals surface area contributed by atoms with Gasteiger partial charge in [-0.25, -0.2) is 0 Å². The Balaban J connectivity index is 3.86. The summed E-state index contributed by atoms with van der Waals surface area (Å²) in [5.74, 6) is 0. The van der Waals surface area contributed by atoms with Crippen molar-refractivity contribution in [3.05, 3.63) is 0 Å². The highest BCUT2D eigenvalue weighted by Gasteiger charge is 2.22. The Morgan fingerprint density at radius 2 is 1.38 bits per heavy atom. The van der Waals surface area contributed by atoms with Crippen molar-refractivity contribution in [1.82, 2.24) is 0 Å². The molecule has 16 heavy (non-hydrogen) atoms. The van der Waals surface area contributed by atoms with Crippen LogP contribution in [0.2, 0.25) is 0 Å². The van der Waals surface area contributed by atoms with Crippen molar-refractivity contribution in [3.8, 4) is 0 Å². The van der Waals surface area contributed by atoms with Gasteiger partial charge >= 0.3 is 0 Å². The molecule has 0 bridgehead atoms. The van der Waals surface area contributed by atoms with E-state index in [0.717, 1.165) is 0 Å². The van der Waals surface area contributed by atoms with Crippen LogP contribution in [0.4, 0.5) is 0 Å². The van der Waals surface area contributed by atoms with Crippen molar-refractivity contribution in [2.45, 2.75) is 77.3 Å². The van der Waals surface area contributed by atoms with Gasteiger partial charge in [-0.15, -0.1) is 17.8 Å². The molecule has 0 spiro atoms. The van der Waals surface area contributed by atoms with Gasteiger partial charge in [-0.3, -0.25) is 0 Å². The molecule has 0 aliphatic carbocycles. The number of hydrogen-bond acceptors (Lipinski definition) is 0. The minimum atomic E-state index is 0.582. The van der Waals surface area contributed by atoms with Crippen molar-refractivity contribution in [2.24, 2.45) is 0 Å². The van der Waals surface area contributed by atoms with E-state index in [0.29, 0.717) is 5.16 Å². The van der Waals surface area contributed by atoms with E-state index in [-0.39, 0.29) is 0 Å². The first-order chi connectivity index (χ1) is 7.68. The third kappa shape index (κ3) is 8.95. The summed E-state index contributed by atoms with van der Waals surface area (Å²) >= 11 is 0. The van der Waals surface area contributed by atoms with Gasteiger partial charge in [0.15, 0.2) is 0 Å². The van der Waals surface area contributed by atoms with E-state index in [1.807, 2.05) is 0 Å². The van der Waals surface area contributed by atoms with Crippen molar-refractivity contribution in [2.75, 3.05) is 12.3 Å². The molecule has 0 amide bonds. The molecule has 0 aromatic heterocycles. The molecule has 0 fully saturated rings. The average Bonchev–Trinajstić information content (AvgIpc) is 2.30. The summed E-state index contributed by atoms with van der Waals surface area (Å²) in [6.45, 7) is 6.92. The topological polar surface area (TPSA) is 0 Å². The highest BCUT2D eigenvalue weighted by atomic mass is 31.1. The molecule has 0 rings (SSSR count). The normalized spacial score (nSPS) is 12.8. The Labute approximate surface area is 108 Å². The molecule has 0 aromatic carbocycles. The molecule has 0 aliphatic rings. The van der Waals surface area contributed by atoms with Crippen LogP contribution in [-0.2, 0) is 0 Å². The molecular weight excluding hydrogens is 230 g/mol. The number of rotatable bonds is 11. The quantitative estimate of drug-likeness (QED) is 0.342. The maximum Gasteiger partial charge on any atom is -0.0113 e. The van der Waals surface area contributed by atoms with Crippen molar-refractivity contribution in [1.29, 1.82) is 0 Å². The molecule has 0 N–H and O–H groups in total. The van der Waals surface area contributed by atoms with Gasteiger partial charge in [0.25, 0.3) is 0 Å². The second-order valence-corrected chi connectivity index (χ2v) is 7.68. The lowest BCUT2D eigenvalue weighted by Crippen LogP contribution is -2.23. The smallest absolute Gasteiger partial charge is 0.0113 e. The summed E-state index contributed by atoms with van der Waals surface area (Å²) in [7, 11) is 4.40. The number of unbranched alkanes of at least 4 members (excludes halogenated alkanes) is 3. The van der Waals surface area contributed by atoms with E-state index in [1.54, 1.807) is 0 Å². The highest BCUT2D eigenvalue weighted by Crippen LogP contribution is 2.36. The fourth-order valence-electron chi connectivity index (χ4n) is 2.00. The zero-order valence-corrected chi connectivity index (χ0v) is 13.8. The van der Waals surface area contributed by atoms with Gasteiger partial charge in [0.2, 0.25) is 0 Å². The average molecular weight is 262 g/mol. The molecule has 0 saturated carbocycles. The predicted molar refractivity (Wildman–Crippen MR) is 84.4 cm³/mol. The Hall–Kier alpha value is 0.860. The third-order valence-electron chi connectivity index (χ3n) is 3.24. The molecule has 98 valence electrons. The summed E-state index contributed by atoms with van der Waals surface area (Å²) < 4.78 is 0. The zero-order valence-electron chi connectivity index (χ0n) is 11.6. The maximum absolute atomic E-state index is 3.21. The monoisotopic (exact) mass is 262 g/mol. The summed E-state index contributed by atoms with van der Waals surface area (Å²) in [6.07, 6.45) is 14.1. The van der Waals surface area contributed by atoms with Gasteiger partial charge in [-0.05, 0) is 36.7 Å². The van der Waals surface area contributed by atoms with E-state index in [9.17, 15) is 0 Å². The first kappa shape index (κ1) is 16.9. The predicted octanol–water partition coefficient (Wildman–Crippen LogP) is 5.46. The largest absolute Gasteiger partial charge is 0.131 e. The highest BCUT2D eigenvalue weighted by molar-refractivity contribution is 7.39. The van der Waals surface area contributed by atoms with Gasteiger partial charge < -0.3 is 0 Å². The van der Waals surface area contributed by atoms with Crippen LogP contribution in [0.1, 0.15) is 72.1 Å². The Bertz CT molecular complexity index is 138. The lowest BCUT2D eigenvalue weighted by molar-refractivity contribution is 0.502.